The van der Waals surface area contributed by atoms with Gasteiger partial charge in [0.05, 0.1) is 13.2 Å². The number of rotatable bonds is 13. The highest BCUT2D eigenvalue weighted by atomic mass is 16.5. The van der Waals surface area contributed by atoms with Gasteiger partial charge in [0.1, 0.15) is 12.4 Å². The van der Waals surface area contributed by atoms with E-state index in [1.54, 1.807) is 0 Å². The normalized spacial score (nSPS) is 10.4. The number of hydrogen-bond acceptors (Lipinski definition) is 2. The van der Waals surface area contributed by atoms with Crippen LogP contribution in [0.1, 0.15) is 63.9 Å². The molecule has 0 aromatic heterocycles. The number of ether oxygens (including phenoxy) is 2. The van der Waals surface area contributed by atoms with Gasteiger partial charge in [0.25, 0.3) is 0 Å². The second kappa shape index (κ2) is 13.2. The molecule has 1 aromatic carbocycles. The van der Waals surface area contributed by atoms with E-state index in [1.165, 1.54) is 44.9 Å². The Balaban J connectivity index is 2.02. The van der Waals surface area contributed by atoms with Crippen molar-refractivity contribution in [2.24, 2.45) is 0 Å². The van der Waals surface area contributed by atoms with Crippen molar-refractivity contribution in [1.29, 1.82) is 0 Å². The van der Waals surface area contributed by atoms with Gasteiger partial charge in [-0.05, 0) is 24.1 Å². The molecule has 122 valence electrons. The molecule has 0 saturated heterocycles. The largest absolute Gasteiger partial charge is 0.494 e. The molecular formula is C20H30O2. The van der Waals surface area contributed by atoms with Crippen LogP contribution in [0.15, 0.2) is 24.3 Å². The summed E-state index contributed by atoms with van der Waals surface area (Å²) < 4.78 is 11.1. The Morgan fingerprint density at radius 2 is 1.55 bits per heavy atom. The summed E-state index contributed by atoms with van der Waals surface area (Å²) in [5.74, 6) is 3.40. The smallest absolute Gasteiger partial charge is 0.119 e. The van der Waals surface area contributed by atoms with E-state index in [0.717, 1.165) is 24.3 Å². The monoisotopic (exact) mass is 302 g/mol. The minimum Gasteiger partial charge on any atom is -0.494 e. The standard InChI is InChI=1S/C20H30O2/c1-3-5-6-7-8-9-10-11-17-22-20-14-12-19(13-15-20)18-21-16-4-2/h2,12-15H,3,5-11,16-18H2,1H3. The summed E-state index contributed by atoms with van der Waals surface area (Å²) in [6.07, 6.45) is 15.7. The van der Waals surface area contributed by atoms with E-state index in [-0.39, 0.29) is 0 Å². The predicted octanol–water partition coefficient (Wildman–Crippen LogP) is 5.36. The molecule has 0 atom stereocenters. The molecule has 0 aliphatic heterocycles. The minimum atomic E-state index is 0.358. The Morgan fingerprint density at radius 1 is 0.909 bits per heavy atom. The number of unbranched alkanes of at least 4 members (excludes halogenated alkanes) is 7. The van der Waals surface area contributed by atoms with Crippen molar-refractivity contribution < 1.29 is 9.47 Å². The quantitative estimate of drug-likeness (QED) is 0.361. The fourth-order valence-electron chi connectivity index (χ4n) is 2.34. The lowest BCUT2D eigenvalue weighted by Gasteiger charge is -2.07. The van der Waals surface area contributed by atoms with E-state index in [1.807, 2.05) is 24.3 Å². The van der Waals surface area contributed by atoms with E-state index in [9.17, 15) is 0 Å². The highest BCUT2D eigenvalue weighted by molar-refractivity contribution is 5.26. The molecule has 1 aromatic rings. The van der Waals surface area contributed by atoms with Gasteiger partial charge in [-0.3, -0.25) is 0 Å². The molecule has 0 amide bonds. The summed E-state index contributed by atoms with van der Waals surface area (Å²) >= 11 is 0. The summed E-state index contributed by atoms with van der Waals surface area (Å²) in [6, 6.07) is 8.05. The van der Waals surface area contributed by atoms with Gasteiger partial charge in [-0.25, -0.2) is 0 Å². The molecule has 0 fully saturated rings. The molecule has 0 unspecified atom stereocenters. The third-order valence-corrected chi connectivity index (χ3v) is 3.64. The topological polar surface area (TPSA) is 18.5 Å². The summed E-state index contributed by atoms with van der Waals surface area (Å²) in [4.78, 5) is 0. The highest BCUT2D eigenvalue weighted by Crippen LogP contribution is 2.14. The Kier molecular flexibility index (Phi) is 11.2. The summed E-state index contributed by atoms with van der Waals surface area (Å²) in [6.45, 7) is 3.98. The molecule has 0 N–H and O–H groups in total. The van der Waals surface area contributed by atoms with Gasteiger partial charge in [-0.15, -0.1) is 6.42 Å². The van der Waals surface area contributed by atoms with Gasteiger partial charge in [0.15, 0.2) is 0 Å². The lowest BCUT2D eigenvalue weighted by molar-refractivity contribution is 0.153. The van der Waals surface area contributed by atoms with Crippen molar-refractivity contribution in [3.63, 3.8) is 0 Å². The molecule has 0 spiro atoms. The average molecular weight is 302 g/mol. The maximum Gasteiger partial charge on any atom is 0.119 e. The van der Waals surface area contributed by atoms with Crippen LogP contribution in [0.5, 0.6) is 5.75 Å². The van der Waals surface area contributed by atoms with Crippen molar-refractivity contribution in [2.45, 2.75) is 64.9 Å². The first-order chi connectivity index (χ1) is 10.9. The van der Waals surface area contributed by atoms with Crippen molar-refractivity contribution in [3.8, 4) is 18.1 Å². The third-order valence-electron chi connectivity index (χ3n) is 3.64. The van der Waals surface area contributed by atoms with Crippen LogP contribution in [-0.4, -0.2) is 13.2 Å². The zero-order valence-electron chi connectivity index (χ0n) is 14.0. The number of terminal acetylenes is 1. The van der Waals surface area contributed by atoms with Crippen molar-refractivity contribution in [3.05, 3.63) is 29.8 Å². The maximum absolute atomic E-state index is 5.76. The van der Waals surface area contributed by atoms with Crippen molar-refractivity contribution in [1.82, 2.24) is 0 Å². The molecule has 0 aliphatic rings. The molecule has 0 saturated carbocycles. The number of hydrogen-bond donors (Lipinski definition) is 0. The lowest BCUT2D eigenvalue weighted by atomic mass is 10.1. The summed E-state index contributed by atoms with van der Waals surface area (Å²) in [7, 11) is 0. The van der Waals surface area contributed by atoms with E-state index in [2.05, 4.69) is 12.8 Å². The Hall–Kier alpha value is -1.46. The van der Waals surface area contributed by atoms with E-state index in [0.29, 0.717) is 13.2 Å². The molecular weight excluding hydrogens is 272 g/mol. The minimum absolute atomic E-state index is 0.358. The molecule has 0 radical (unpaired) electrons. The van der Waals surface area contributed by atoms with Gasteiger partial charge in [0.2, 0.25) is 0 Å². The first kappa shape index (κ1) is 18.6. The van der Waals surface area contributed by atoms with Crippen LogP contribution in [-0.2, 0) is 11.3 Å². The summed E-state index contributed by atoms with van der Waals surface area (Å²) in [5, 5.41) is 0. The number of benzene rings is 1. The molecule has 1 rings (SSSR count). The molecule has 0 heterocycles. The maximum atomic E-state index is 5.76. The van der Waals surface area contributed by atoms with Gasteiger partial charge in [-0.2, -0.15) is 0 Å². The van der Waals surface area contributed by atoms with Gasteiger partial charge >= 0.3 is 0 Å². The lowest BCUT2D eigenvalue weighted by Crippen LogP contribution is -1.98. The predicted molar refractivity (Wildman–Crippen MR) is 93.0 cm³/mol. The van der Waals surface area contributed by atoms with Gasteiger partial charge in [-0.1, -0.05) is 69.9 Å². The first-order valence-corrected chi connectivity index (χ1v) is 8.59. The van der Waals surface area contributed by atoms with Crippen LogP contribution in [0, 0.1) is 12.3 Å². The van der Waals surface area contributed by atoms with Crippen molar-refractivity contribution in [2.75, 3.05) is 13.2 Å². The zero-order chi connectivity index (χ0) is 15.9. The molecule has 0 bridgehead atoms. The van der Waals surface area contributed by atoms with E-state index in [4.69, 9.17) is 15.9 Å². The molecule has 0 aliphatic carbocycles. The van der Waals surface area contributed by atoms with Gasteiger partial charge in [0, 0.05) is 0 Å². The van der Waals surface area contributed by atoms with Crippen molar-refractivity contribution >= 4 is 0 Å². The van der Waals surface area contributed by atoms with Crippen LogP contribution in [0.2, 0.25) is 0 Å². The van der Waals surface area contributed by atoms with Gasteiger partial charge < -0.3 is 9.47 Å². The molecule has 2 nitrogen and oxygen atoms in total. The highest BCUT2D eigenvalue weighted by Gasteiger charge is 1.97. The fraction of sp³-hybridized carbons (Fsp3) is 0.600. The molecule has 2 heteroatoms. The SMILES string of the molecule is C#CCOCc1ccc(OCCCCCCCCCC)cc1. The Morgan fingerprint density at radius 3 is 2.18 bits per heavy atom. The fourth-order valence-corrected chi connectivity index (χ4v) is 2.34. The average Bonchev–Trinajstić information content (AvgIpc) is 2.55. The first-order valence-electron chi connectivity index (χ1n) is 8.59. The van der Waals surface area contributed by atoms with E-state index < -0.39 is 0 Å². The van der Waals surface area contributed by atoms with Crippen LogP contribution in [0.3, 0.4) is 0 Å². The van der Waals surface area contributed by atoms with Crippen LogP contribution in [0.4, 0.5) is 0 Å². The Labute approximate surface area is 136 Å². The second-order valence-corrected chi connectivity index (χ2v) is 5.66. The van der Waals surface area contributed by atoms with Crippen LogP contribution < -0.4 is 4.74 Å². The van der Waals surface area contributed by atoms with Crippen LogP contribution >= 0.6 is 0 Å². The van der Waals surface area contributed by atoms with E-state index >= 15 is 0 Å². The Bertz CT molecular complexity index is 403. The second-order valence-electron chi connectivity index (χ2n) is 5.66. The van der Waals surface area contributed by atoms with Crippen LogP contribution in [0.25, 0.3) is 0 Å². The molecule has 22 heavy (non-hydrogen) atoms. The third kappa shape index (κ3) is 9.47. The summed E-state index contributed by atoms with van der Waals surface area (Å²) in [5.41, 5.74) is 1.12. The zero-order valence-corrected chi connectivity index (χ0v) is 14.0.